The second kappa shape index (κ2) is 6.11. The number of amides is 1. The zero-order valence-electron chi connectivity index (χ0n) is 11.4. The second-order valence-electron chi connectivity index (χ2n) is 5.16. The van der Waals surface area contributed by atoms with Gasteiger partial charge in [0, 0.05) is 13.0 Å². The average Bonchev–Trinajstić information content (AvgIpc) is 2.91. The normalized spacial score (nSPS) is 22.7. The molecule has 2 atom stereocenters. The molecule has 1 fully saturated rings. The molecule has 1 aliphatic rings. The molecule has 0 bridgehead atoms. The minimum Gasteiger partial charge on any atom is -0.508 e. The van der Waals surface area contributed by atoms with Gasteiger partial charge in [-0.25, -0.2) is 4.79 Å². The van der Waals surface area contributed by atoms with Gasteiger partial charge in [0.2, 0.25) is 5.91 Å². The van der Waals surface area contributed by atoms with Crippen LogP contribution in [0.25, 0.3) is 0 Å². The fourth-order valence-corrected chi connectivity index (χ4v) is 2.19. The lowest BCUT2D eigenvalue weighted by molar-refractivity contribution is -0.147. The minimum atomic E-state index is -1.39. The van der Waals surface area contributed by atoms with Gasteiger partial charge in [-0.3, -0.25) is 4.79 Å². The molecule has 0 saturated carbocycles. The Morgan fingerprint density at radius 1 is 1.38 bits per heavy atom. The number of phenols is 1. The standard InChI is InChI=1S/C14H18N2O5/c15-11(7-9-1-3-10(17)4-2-9)12(18)16-14(13(19)20)5-6-21-8-14/h1-4,11,17H,5-8,15H2,(H,16,18)(H,19,20)/t11-,14?/m1/s1. The Morgan fingerprint density at radius 2 is 2.05 bits per heavy atom. The van der Waals surface area contributed by atoms with E-state index in [4.69, 9.17) is 10.5 Å². The number of nitrogens with one attached hydrogen (secondary N) is 1. The number of carbonyl (C=O) groups excluding carboxylic acids is 1. The Bertz CT molecular complexity index is 523. The van der Waals surface area contributed by atoms with Crippen molar-refractivity contribution in [1.29, 1.82) is 0 Å². The molecule has 1 amide bonds. The number of ether oxygens (including phenoxy) is 1. The van der Waals surface area contributed by atoms with Crippen LogP contribution in [-0.4, -0.2) is 46.9 Å². The number of rotatable bonds is 5. The molecule has 5 N–H and O–H groups in total. The van der Waals surface area contributed by atoms with E-state index in [0.29, 0.717) is 6.61 Å². The molecule has 2 rings (SSSR count). The maximum Gasteiger partial charge on any atom is 0.331 e. The predicted octanol–water partition coefficient (Wildman–Crippen LogP) is -0.378. The highest BCUT2D eigenvalue weighted by Gasteiger charge is 2.44. The highest BCUT2D eigenvalue weighted by Crippen LogP contribution is 2.19. The van der Waals surface area contributed by atoms with Gasteiger partial charge in [-0.2, -0.15) is 0 Å². The summed E-state index contributed by atoms with van der Waals surface area (Å²) >= 11 is 0. The number of carboxylic acids is 1. The predicted molar refractivity (Wildman–Crippen MR) is 73.7 cm³/mol. The van der Waals surface area contributed by atoms with E-state index in [2.05, 4.69) is 5.32 Å². The molecule has 1 heterocycles. The average molecular weight is 294 g/mol. The van der Waals surface area contributed by atoms with Crippen LogP contribution in [0.1, 0.15) is 12.0 Å². The number of hydrogen-bond donors (Lipinski definition) is 4. The van der Waals surface area contributed by atoms with Gasteiger partial charge >= 0.3 is 5.97 Å². The van der Waals surface area contributed by atoms with Crippen molar-refractivity contribution in [3.05, 3.63) is 29.8 Å². The van der Waals surface area contributed by atoms with Gasteiger partial charge in [-0.05, 0) is 24.1 Å². The van der Waals surface area contributed by atoms with E-state index >= 15 is 0 Å². The van der Waals surface area contributed by atoms with Crippen molar-refractivity contribution in [3.63, 3.8) is 0 Å². The Balaban J connectivity index is 1.99. The Morgan fingerprint density at radius 3 is 2.57 bits per heavy atom. The van der Waals surface area contributed by atoms with Gasteiger partial charge in [0.05, 0.1) is 12.6 Å². The van der Waals surface area contributed by atoms with Gasteiger partial charge in [-0.1, -0.05) is 12.1 Å². The van der Waals surface area contributed by atoms with Gasteiger partial charge in [0.1, 0.15) is 5.75 Å². The fraction of sp³-hybridized carbons (Fsp3) is 0.429. The summed E-state index contributed by atoms with van der Waals surface area (Å²) in [6, 6.07) is 5.46. The summed E-state index contributed by atoms with van der Waals surface area (Å²) in [5, 5.41) is 20.9. The molecule has 0 aromatic heterocycles. The third-order valence-electron chi connectivity index (χ3n) is 3.52. The quantitative estimate of drug-likeness (QED) is 0.587. The monoisotopic (exact) mass is 294 g/mol. The maximum atomic E-state index is 12.1. The van der Waals surface area contributed by atoms with Crippen molar-refractivity contribution >= 4 is 11.9 Å². The van der Waals surface area contributed by atoms with Crippen molar-refractivity contribution in [3.8, 4) is 5.75 Å². The van der Waals surface area contributed by atoms with Gasteiger partial charge in [-0.15, -0.1) is 0 Å². The topological polar surface area (TPSA) is 122 Å². The number of carboxylic acid groups (broad SMARTS) is 1. The van der Waals surface area contributed by atoms with Crippen LogP contribution in [0.3, 0.4) is 0 Å². The van der Waals surface area contributed by atoms with Crippen LogP contribution in [0.2, 0.25) is 0 Å². The number of aromatic hydroxyl groups is 1. The van der Waals surface area contributed by atoms with Gasteiger partial charge < -0.3 is 26.0 Å². The SMILES string of the molecule is N[C@H](Cc1ccc(O)cc1)C(=O)NC1(C(=O)O)CCOC1. The largest absolute Gasteiger partial charge is 0.508 e. The smallest absolute Gasteiger partial charge is 0.331 e. The first-order chi connectivity index (χ1) is 9.93. The molecule has 21 heavy (non-hydrogen) atoms. The lowest BCUT2D eigenvalue weighted by atomic mass is 9.97. The first kappa shape index (κ1) is 15.3. The number of aliphatic carboxylic acids is 1. The Labute approximate surface area is 121 Å². The van der Waals surface area contributed by atoms with Crippen molar-refractivity contribution in [2.75, 3.05) is 13.2 Å². The second-order valence-corrected chi connectivity index (χ2v) is 5.16. The molecule has 0 spiro atoms. The molecule has 1 aromatic rings. The summed E-state index contributed by atoms with van der Waals surface area (Å²) in [7, 11) is 0. The zero-order valence-corrected chi connectivity index (χ0v) is 11.4. The summed E-state index contributed by atoms with van der Waals surface area (Å²) in [5.41, 5.74) is 5.21. The van der Waals surface area contributed by atoms with Crippen LogP contribution in [0.15, 0.2) is 24.3 Å². The number of hydrogen-bond acceptors (Lipinski definition) is 5. The highest BCUT2D eigenvalue weighted by atomic mass is 16.5. The lowest BCUT2D eigenvalue weighted by Gasteiger charge is -2.25. The van der Waals surface area contributed by atoms with Crippen LogP contribution in [0, 0.1) is 0 Å². The molecule has 0 radical (unpaired) electrons. The van der Waals surface area contributed by atoms with E-state index < -0.39 is 23.5 Å². The first-order valence-corrected chi connectivity index (χ1v) is 6.60. The van der Waals surface area contributed by atoms with E-state index in [1.165, 1.54) is 12.1 Å². The van der Waals surface area contributed by atoms with Crippen LogP contribution in [-0.2, 0) is 20.7 Å². The molecule has 0 aliphatic carbocycles. The summed E-state index contributed by atoms with van der Waals surface area (Å²) in [6.07, 6.45) is 0.475. The van der Waals surface area contributed by atoms with Crippen LogP contribution in [0.5, 0.6) is 5.75 Å². The Hall–Kier alpha value is -2.12. The summed E-state index contributed by atoms with van der Waals surface area (Å²) in [4.78, 5) is 23.4. The molecule has 1 aromatic carbocycles. The van der Waals surface area contributed by atoms with Crippen LogP contribution in [0.4, 0.5) is 0 Å². The number of nitrogens with two attached hydrogens (primary N) is 1. The molecule has 1 saturated heterocycles. The number of carbonyl (C=O) groups is 2. The molecule has 114 valence electrons. The molecule has 1 unspecified atom stereocenters. The summed E-state index contributed by atoms with van der Waals surface area (Å²) in [5.74, 6) is -1.52. The number of benzene rings is 1. The van der Waals surface area contributed by atoms with E-state index in [-0.39, 0.29) is 25.2 Å². The molecule has 7 nitrogen and oxygen atoms in total. The summed E-state index contributed by atoms with van der Waals surface area (Å²) in [6.45, 7) is 0.236. The molecule has 1 aliphatic heterocycles. The van der Waals surface area contributed by atoms with Gasteiger partial charge in [0.25, 0.3) is 0 Å². The van der Waals surface area contributed by atoms with Crippen LogP contribution < -0.4 is 11.1 Å². The maximum absolute atomic E-state index is 12.1. The minimum absolute atomic E-state index is 0.0556. The van der Waals surface area contributed by atoms with E-state index in [1.54, 1.807) is 12.1 Å². The van der Waals surface area contributed by atoms with E-state index in [9.17, 15) is 19.8 Å². The molecular formula is C14H18N2O5. The fourth-order valence-electron chi connectivity index (χ4n) is 2.19. The van der Waals surface area contributed by atoms with Crippen molar-refractivity contribution < 1.29 is 24.5 Å². The van der Waals surface area contributed by atoms with Crippen molar-refractivity contribution in [2.24, 2.45) is 5.73 Å². The van der Waals surface area contributed by atoms with Gasteiger partial charge in [0.15, 0.2) is 5.54 Å². The first-order valence-electron chi connectivity index (χ1n) is 6.60. The van der Waals surface area contributed by atoms with Crippen LogP contribution >= 0.6 is 0 Å². The third-order valence-corrected chi connectivity index (χ3v) is 3.52. The lowest BCUT2D eigenvalue weighted by Crippen LogP contribution is -2.59. The highest BCUT2D eigenvalue weighted by molar-refractivity contribution is 5.90. The Kier molecular flexibility index (Phi) is 4.44. The zero-order chi connectivity index (χ0) is 15.5. The molecule has 7 heteroatoms. The molecular weight excluding hydrogens is 276 g/mol. The third kappa shape index (κ3) is 3.50. The van der Waals surface area contributed by atoms with Crippen molar-refractivity contribution in [1.82, 2.24) is 5.32 Å². The van der Waals surface area contributed by atoms with E-state index in [0.717, 1.165) is 5.56 Å². The summed E-state index contributed by atoms with van der Waals surface area (Å²) < 4.78 is 5.07. The number of phenolic OH excluding ortho intramolecular Hbond substituents is 1. The van der Waals surface area contributed by atoms with Crippen molar-refractivity contribution in [2.45, 2.75) is 24.4 Å². The van der Waals surface area contributed by atoms with E-state index in [1.807, 2.05) is 0 Å².